The zero-order valence-corrected chi connectivity index (χ0v) is 13.1. The molecule has 0 bridgehead atoms. The zero-order valence-electron chi connectivity index (χ0n) is 13.1. The van der Waals surface area contributed by atoms with E-state index in [0.29, 0.717) is 6.42 Å². The molecule has 0 spiro atoms. The Kier molecular flexibility index (Phi) is 3.72. The monoisotopic (exact) mass is 293 g/mol. The second-order valence-corrected chi connectivity index (χ2v) is 5.73. The molecule has 3 nitrogen and oxygen atoms in total. The van der Waals surface area contributed by atoms with Crippen molar-refractivity contribution in [3.05, 3.63) is 64.9 Å². The lowest BCUT2D eigenvalue weighted by Gasteiger charge is -2.07. The van der Waals surface area contributed by atoms with E-state index >= 15 is 0 Å². The van der Waals surface area contributed by atoms with E-state index < -0.39 is 0 Å². The van der Waals surface area contributed by atoms with Crippen LogP contribution in [0.1, 0.15) is 22.3 Å². The number of aryl methyl sites for hydroxylation is 3. The number of fused-ring (bicyclic) bond motifs is 1. The molecule has 0 aliphatic carbocycles. The summed E-state index contributed by atoms with van der Waals surface area (Å²) in [7, 11) is 0. The van der Waals surface area contributed by atoms with Crippen molar-refractivity contribution < 1.29 is 9.21 Å². The predicted octanol–water partition coefficient (Wildman–Crippen LogP) is 4.54. The third kappa shape index (κ3) is 2.75. The number of furan rings is 1. The van der Waals surface area contributed by atoms with E-state index in [4.69, 9.17) is 4.42 Å². The standard InChI is InChI=1S/C19H19NO2/c1-12-6-4-5-7-17(12)20-19(21)10-15-11-22-18-9-14(3)13(2)8-16(15)18/h4-9,11H,10H2,1-3H3,(H,20,21). The van der Waals surface area contributed by atoms with Crippen molar-refractivity contribution in [1.82, 2.24) is 0 Å². The Balaban J connectivity index is 1.83. The molecular formula is C19H19NO2. The minimum Gasteiger partial charge on any atom is -0.464 e. The Morgan fingerprint density at radius 2 is 1.77 bits per heavy atom. The molecule has 1 heterocycles. The van der Waals surface area contributed by atoms with Crippen LogP contribution in [0.4, 0.5) is 5.69 Å². The van der Waals surface area contributed by atoms with Crippen molar-refractivity contribution >= 4 is 22.6 Å². The summed E-state index contributed by atoms with van der Waals surface area (Å²) < 4.78 is 5.58. The van der Waals surface area contributed by atoms with Crippen molar-refractivity contribution in [3.63, 3.8) is 0 Å². The van der Waals surface area contributed by atoms with Gasteiger partial charge in [0.2, 0.25) is 5.91 Å². The van der Waals surface area contributed by atoms with Crippen molar-refractivity contribution in [2.75, 3.05) is 5.32 Å². The fourth-order valence-electron chi connectivity index (χ4n) is 2.55. The molecule has 3 aromatic rings. The number of carbonyl (C=O) groups is 1. The van der Waals surface area contributed by atoms with Crippen LogP contribution in [0.2, 0.25) is 0 Å². The third-order valence-electron chi connectivity index (χ3n) is 4.04. The highest BCUT2D eigenvalue weighted by molar-refractivity contribution is 5.96. The summed E-state index contributed by atoms with van der Waals surface area (Å²) in [5, 5.41) is 3.98. The first-order valence-corrected chi connectivity index (χ1v) is 7.37. The van der Waals surface area contributed by atoms with Crippen LogP contribution in [0.25, 0.3) is 11.0 Å². The first kappa shape index (κ1) is 14.4. The number of rotatable bonds is 3. The number of benzene rings is 2. The van der Waals surface area contributed by atoms with Crippen LogP contribution in [-0.2, 0) is 11.2 Å². The van der Waals surface area contributed by atoms with Crippen molar-refractivity contribution in [2.45, 2.75) is 27.2 Å². The first-order valence-electron chi connectivity index (χ1n) is 7.37. The summed E-state index contributed by atoms with van der Waals surface area (Å²) in [5.74, 6) is -0.0322. The Labute approximate surface area is 130 Å². The van der Waals surface area contributed by atoms with Gasteiger partial charge in [-0.2, -0.15) is 0 Å². The molecule has 1 amide bonds. The second-order valence-electron chi connectivity index (χ2n) is 5.73. The Morgan fingerprint density at radius 1 is 1.05 bits per heavy atom. The van der Waals surface area contributed by atoms with E-state index in [0.717, 1.165) is 27.8 Å². The van der Waals surface area contributed by atoms with E-state index in [1.807, 2.05) is 37.3 Å². The van der Waals surface area contributed by atoms with Gasteiger partial charge in [-0.3, -0.25) is 4.79 Å². The quantitative estimate of drug-likeness (QED) is 0.770. The van der Waals surface area contributed by atoms with Gasteiger partial charge in [-0.05, 0) is 55.7 Å². The highest BCUT2D eigenvalue weighted by Gasteiger charge is 2.12. The summed E-state index contributed by atoms with van der Waals surface area (Å²) in [4.78, 5) is 12.3. The summed E-state index contributed by atoms with van der Waals surface area (Å²) >= 11 is 0. The van der Waals surface area contributed by atoms with Gasteiger partial charge in [0, 0.05) is 16.6 Å². The number of hydrogen-bond donors (Lipinski definition) is 1. The molecule has 2 aromatic carbocycles. The Morgan fingerprint density at radius 3 is 2.55 bits per heavy atom. The Hall–Kier alpha value is -2.55. The van der Waals surface area contributed by atoms with Gasteiger partial charge in [-0.25, -0.2) is 0 Å². The van der Waals surface area contributed by atoms with Crippen LogP contribution in [0, 0.1) is 20.8 Å². The minimum absolute atomic E-state index is 0.0322. The third-order valence-corrected chi connectivity index (χ3v) is 4.04. The molecule has 3 rings (SSSR count). The van der Waals surface area contributed by atoms with E-state index in [1.165, 1.54) is 11.1 Å². The van der Waals surface area contributed by atoms with Crippen molar-refractivity contribution in [2.24, 2.45) is 0 Å². The molecule has 0 aliphatic heterocycles. The van der Waals surface area contributed by atoms with Gasteiger partial charge in [0.15, 0.2) is 0 Å². The molecule has 0 fully saturated rings. The fraction of sp³-hybridized carbons (Fsp3) is 0.211. The number of para-hydroxylation sites is 1. The lowest BCUT2D eigenvalue weighted by Crippen LogP contribution is -2.14. The maximum atomic E-state index is 12.3. The lowest BCUT2D eigenvalue weighted by molar-refractivity contribution is -0.115. The largest absolute Gasteiger partial charge is 0.464 e. The van der Waals surface area contributed by atoms with Crippen molar-refractivity contribution in [1.29, 1.82) is 0 Å². The molecule has 112 valence electrons. The Bertz CT molecular complexity index is 846. The van der Waals surface area contributed by atoms with Gasteiger partial charge < -0.3 is 9.73 Å². The van der Waals surface area contributed by atoms with Crippen LogP contribution in [0.15, 0.2) is 47.1 Å². The SMILES string of the molecule is Cc1cc2occ(CC(=O)Nc3ccccc3C)c2cc1C. The van der Waals surface area contributed by atoms with Crippen LogP contribution in [0.3, 0.4) is 0 Å². The van der Waals surface area contributed by atoms with Gasteiger partial charge in [0.1, 0.15) is 5.58 Å². The summed E-state index contributed by atoms with van der Waals surface area (Å²) in [6.45, 7) is 6.11. The predicted molar refractivity (Wildman–Crippen MR) is 89.2 cm³/mol. The van der Waals surface area contributed by atoms with E-state index in [2.05, 4.69) is 25.2 Å². The molecule has 0 saturated heterocycles. The maximum Gasteiger partial charge on any atom is 0.228 e. The van der Waals surface area contributed by atoms with Gasteiger partial charge in [0.05, 0.1) is 12.7 Å². The minimum atomic E-state index is -0.0322. The zero-order chi connectivity index (χ0) is 15.7. The molecule has 1 N–H and O–H groups in total. The molecule has 0 aliphatic rings. The maximum absolute atomic E-state index is 12.3. The number of anilines is 1. The topological polar surface area (TPSA) is 42.2 Å². The summed E-state index contributed by atoms with van der Waals surface area (Å²) in [6.07, 6.45) is 1.99. The molecule has 1 aromatic heterocycles. The number of carbonyl (C=O) groups excluding carboxylic acids is 1. The van der Waals surface area contributed by atoms with Crippen LogP contribution >= 0.6 is 0 Å². The van der Waals surface area contributed by atoms with Crippen LogP contribution in [0.5, 0.6) is 0 Å². The van der Waals surface area contributed by atoms with Crippen LogP contribution < -0.4 is 5.32 Å². The molecule has 0 radical (unpaired) electrons. The van der Waals surface area contributed by atoms with E-state index in [1.54, 1.807) is 6.26 Å². The molecule has 3 heteroatoms. The first-order chi connectivity index (χ1) is 10.5. The normalized spacial score (nSPS) is 10.9. The van der Waals surface area contributed by atoms with Crippen LogP contribution in [-0.4, -0.2) is 5.91 Å². The number of nitrogens with one attached hydrogen (secondary N) is 1. The highest BCUT2D eigenvalue weighted by atomic mass is 16.3. The molecule has 22 heavy (non-hydrogen) atoms. The van der Waals surface area contributed by atoms with E-state index in [9.17, 15) is 4.79 Å². The molecule has 0 saturated carbocycles. The van der Waals surface area contributed by atoms with Gasteiger partial charge in [-0.15, -0.1) is 0 Å². The highest BCUT2D eigenvalue weighted by Crippen LogP contribution is 2.25. The van der Waals surface area contributed by atoms with Gasteiger partial charge in [-0.1, -0.05) is 18.2 Å². The molecular weight excluding hydrogens is 274 g/mol. The number of hydrogen-bond acceptors (Lipinski definition) is 2. The smallest absolute Gasteiger partial charge is 0.228 e. The van der Waals surface area contributed by atoms with E-state index in [-0.39, 0.29) is 5.91 Å². The molecule has 0 unspecified atom stereocenters. The fourth-order valence-corrected chi connectivity index (χ4v) is 2.55. The van der Waals surface area contributed by atoms with Crippen molar-refractivity contribution in [3.8, 4) is 0 Å². The average Bonchev–Trinajstić information content (AvgIpc) is 2.84. The summed E-state index contributed by atoms with van der Waals surface area (Å²) in [6, 6.07) is 11.9. The van der Waals surface area contributed by atoms with Gasteiger partial charge >= 0.3 is 0 Å². The second kappa shape index (κ2) is 5.68. The molecule has 0 atom stereocenters. The number of amides is 1. The lowest BCUT2D eigenvalue weighted by atomic mass is 10.0. The van der Waals surface area contributed by atoms with Gasteiger partial charge in [0.25, 0.3) is 0 Å². The summed E-state index contributed by atoms with van der Waals surface area (Å²) in [5.41, 5.74) is 6.06. The average molecular weight is 293 g/mol.